The van der Waals surface area contributed by atoms with Crippen molar-refractivity contribution in [3.05, 3.63) is 71.1 Å². The molecule has 9 heteroatoms. The molecule has 7 nitrogen and oxygen atoms in total. The predicted octanol–water partition coefficient (Wildman–Crippen LogP) is 3.78. The molecule has 0 atom stereocenters. The Balaban J connectivity index is 2.07. The van der Waals surface area contributed by atoms with Gasteiger partial charge in [0.2, 0.25) is 5.91 Å². The molecule has 0 radical (unpaired) electrons. The number of carbonyl (C=O) groups is 2. The second-order valence-electron chi connectivity index (χ2n) is 6.58. The lowest BCUT2D eigenvalue weighted by atomic mass is 10.1. The molecule has 1 aromatic heterocycles. The van der Waals surface area contributed by atoms with Gasteiger partial charge in [0.1, 0.15) is 9.96 Å². The quantitative estimate of drug-likeness (QED) is 0.646. The van der Waals surface area contributed by atoms with Gasteiger partial charge in [-0.3, -0.25) is 9.59 Å². The molecular weight excluding hydrogens is 424 g/mol. The molecule has 156 valence electrons. The van der Waals surface area contributed by atoms with Crippen molar-refractivity contribution >= 4 is 44.5 Å². The van der Waals surface area contributed by atoms with Crippen LogP contribution in [0, 0.1) is 6.92 Å². The summed E-state index contributed by atoms with van der Waals surface area (Å²) < 4.78 is 27.4. The monoisotopic (exact) mass is 444 g/mol. The first-order valence-electron chi connectivity index (χ1n) is 8.91. The lowest BCUT2D eigenvalue weighted by Gasteiger charge is -2.22. The van der Waals surface area contributed by atoms with Crippen molar-refractivity contribution in [2.24, 2.45) is 0 Å². The summed E-state index contributed by atoms with van der Waals surface area (Å²) in [6, 6.07) is 14.6. The van der Waals surface area contributed by atoms with E-state index >= 15 is 0 Å². The van der Waals surface area contributed by atoms with Crippen LogP contribution in [0.15, 0.2) is 64.9 Å². The minimum atomic E-state index is -4.18. The van der Waals surface area contributed by atoms with Crippen molar-refractivity contribution in [2.45, 2.75) is 18.1 Å². The summed E-state index contributed by atoms with van der Waals surface area (Å²) in [6.45, 7) is 3.20. The molecule has 0 aliphatic heterocycles. The number of phenolic OH excluding ortho intramolecular Hbond substituents is 1. The smallest absolute Gasteiger partial charge is 0.280 e. The fourth-order valence-electron chi connectivity index (χ4n) is 2.72. The van der Waals surface area contributed by atoms with Gasteiger partial charge in [-0.15, -0.1) is 11.3 Å². The van der Waals surface area contributed by atoms with Crippen LogP contribution in [-0.2, 0) is 14.8 Å². The highest BCUT2D eigenvalue weighted by Gasteiger charge is 2.33. The van der Waals surface area contributed by atoms with E-state index in [1.54, 1.807) is 32.2 Å². The molecule has 0 unspecified atom stereocenters. The van der Waals surface area contributed by atoms with E-state index in [-0.39, 0.29) is 27.1 Å². The maximum atomic E-state index is 13.3. The van der Waals surface area contributed by atoms with E-state index in [9.17, 15) is 23.1 Å². The van der Waals surface area contributed by atoms with Gasteiger partial charge in [-0.2, -0.15) is 12.7 Å². The lowest BCUT2D eigenvalue weighted by molar-refractivity contribution is -0.116. The Kier molecular flexibility index (Phi) is 5.95. The Labute approximate surface area is 178 Å². The number of phenols is 1. The van der Waals surface area contributed by atoms with E-state index in [0.29, 0.717) is 5.69 Å². The highest BCUT2D eigenvalue weighted by Crippen LogP contribution is 2.31. The average molecular weight is 445 g/mol. The fourth-order valence-corrected chi connectivity index (χ4v) is 5.49. The SMILES string of the molecule is CC(=O)N(C)c1ccc(C(=O)N(c2ccc(O)cc2)S(=O)(=O)c2ccc(C)s2)cc1. The number of aryl methyl sites for hydroxylation is 1. The number of thiophene rings is 1. The van der Waals surface area contributed by atoms with Crippen molar-refractivity contribution in [3.63, 3.8) is 0 Å². The van der Waals surface area contributed by atoms with Crippen molar-refractivity contribution in [3.8, 4) is 5.75 Å². The number of benzene rings is 2. The zero-order chi connectivity index (χ0) is 22.1. The van der Waals surface area contributed by atoms with Crippen LogP contribution in [0.5, 0.6) is 5.75 Å². The molecule has 30 heavy (non-hydrogen) atoms. The Bertz CT molecular complexity index is 1180. The van der Waals surface area contributed by atoms with Crippen LogP contribution >= 0.6 is 11.3 Å². The van der Waals surface area contributed by atoms with Gasteiger partial charge in [-0.1, -0.05) is 0 Å². The molecular formula is C21H20N2O5S2. The standard InChI is InChI=1S/C21H20N2O5S2/c1-14-4-13-20(29-14)30(27,28)23(18-9-11-19(25)12-10-18)21(26)16-5-7-17(8-6-16)22(3)15(2)24/h4-13,25H,1-3H3. The second-order valence-corrected chi connectivity index (χ2v) is 9.88. The summed E-state index contributed by atoms with van der Waals surface area (Å²) in [5.74, 6) is -0.966. The maximum Gasteiger partial charge on any atom is 0.280 e. The number of amides is 2. The zero-order valence-corrected chi connectivity index (χ0v) is 18.2. The van der Waals surface area contributed by atoms with Gasteiger partial charge in [-0.25, -0.2) is 0 Å². The van der Waals surface area contributed by atoms with E-state index in [2.05, 4.69) is 0 Å². The molecule has 0 fully saturated rings. The van der Waals surface area contributed by atoms with Gasteiger partial charge in [0.05, 0.1) is 5.69 Å². The minimum absolute atomic E-state index is 0.0364. The summed E-state index contributed by atoms with van der Waals surface area (Å²) in [5.41, 5.74) is 0.821. The van der Waals surface area contributed by atoms with Crippen molar-refractivity contribution in [1.29, 1.82) is 0 Å². The molecule has 2 amide bonds. The summed E-state index contributed by atoms with van der Waals surface area (Å²) in [6.07, 6.45) is 0. The topological polar surface area (TPSA) is 95.0 Å². The third kappa shape index (κ3) is 4.22. The van der Waals surface area contributed by atoms with Crippen LogP contribution in [0.4, 0.5) is 11.4 Å². The third-order valence-electron chi connectivity index (χ3n) is 4.45. The molecule has 0 bridgehead atoms. The fraction of sp³-hybridized carbons (Fsp3) is 0.143. The predicted molar refractivity (Wildman–Crippen MR) is 117 cm³/mol. The number of hydrogen-bond donors (Lipinski definition) is 1. The first kappa shape index (κ1) is 21.5. The normalized spacial score (nSPS) is 11.2. The highest BCUT2D eigenvalue weighted by atomic mass is 32.2. The van der Waals surface area contributed by atoms with Crippen molar-refractivity contribution in [2.75, 3.05) is 16.3 Å². The molecule has 2 aromatic carbocycles. The Morgan fingerprint density at radius 2 is 1.47 bits per heavy atom. The number of rotatable bonds is 5. The van der Waals surface area contributed by atoms with E-state index in [1.807, 2.05) is 0 Å². The minimum Gasteiger partial charge on any atom is -0.508 e. The summed E-state index contributed by atoms with van der Waals surface area (Å²) in [5, 5.41) is 9.56. The number of nitrogens with zero attached hydrogens (tertiary/aromatic N) is 2. The van der Waals surface area contributed by atoms with Crippen molar-refractivity contribution < 1.29 is 23.1 Å². The van der Waals surface area contributed by atoms with Gasteiger partial charge < -0.3 is 10.0 Å². The first-order valence-corrected chi connectivity index (χ1v) is 11.2. The molecule has 1 heterocycles. The lowest BCUT2D eigenvalue weighted by Crippen LogP contribution is -2.36. The number of anilines is 2. The first-order chi connectivity index (χ1) is 14.1. The Morgan fingerprint density at radius 3 is 1.97 bits per heavy atom. The van der Waals surface area contributed by atoms with Gasteiger partial charge in [0, 0.05) is 30.1 Å². The van der Waals surface area contributed by atoms with Crippen LogP contribution in [0.1, 0.15) is 22.2 Å². The largest absolute Gasteiger partial charge is 0.508 e. The van der Waals surface area contributed by atoms with Crippen LogP contribution < -0.4 is 9.21 Å². The third-order valence-corrected chi connectivity index (χ3v) is 7.63. The van der Waals surface area contributed by atoms with Gasteiger partial charge >= 0.3 is 0 Å². The second kappa shape index (κ2) is 8.29. The number of aromatic hydroxyl groups is 1. The number of carbonyl (C=O) groups excluding carboxylic acids is 2. The van der Waals surface area contributed by atoms with Gasteiger partial charge in [0.15, 0.2) is 0 Å². The Morgan fingerprint density at radius 1 is 0.900 bits per heavy atom. The molecule has 1 N–H and O–H groups in total. The number of sulfonamides is 1. The van der Waals surface area contributed by atoms with E-state index in [0.717, 1.165) is 20.5 Å². The van der Waals surface area contributed by atoms with E-state index in [1.165, 1.54) is 54.3 Å². The molecule has 0 aliphatic rings. The summed E-state index contributed by atoms with van der Waals surface area (Å²) in [4.78, 5) is 27.0. The molecule has 3 aromatic rings. The van der Waals surface area contributed by atoms with Crippen LogP contribution in [0.3, 0.4) is 0 Å². The highest BCUT2D eigenvalue weighted by molar-refractivity contribution is 7.95. The summed E-state index contributed by atoms with van der Waals surface area (Å²) >= 11 is 1.07. The van der Waals surface area contributed by atoms with Crippen LogP contribution in [-0.4, -0.2) is 32.4 Å². The van der Waals surface area contributed by atoms with Gasteiger partial charge in [-0.05, 0) is 67.6 Å². The molecule has 0 aliphatic carbocycles. The maximum absolute atomic E-state index is 13.3. The van der Waals surface area contributed by atoms with E-state index < -0.39 is 15.9 Å². The molecule has 0 saturated carbocycles. The van der Waals surface area contributed by atoms with Gasteiger partial charge in [0.25, 0.3) is 15.9 Å². The van der Waals surface area contributed by atoms with Crippen LogP contribution in [0.2, 0.25) is 0 Å². The number of hydrogen-bond acceptors (Lipinski definition) is 6. The van der Waals surface area contributed by atoms with Crippen molar-refractivity contribution in [1.82, 2.24) is 0 Å². The summed E-state index contributed by atoms with van der Waals surface area (Å²) in [7, 11) is -2.57. The van der Waals surface area contributed by atoms with Crippen LogP contribution in [0.25, 0.3) is 0 Å². The molecule has 0 saturated heterocycles. The average Bonchev–Trinajstić information content (AvgIpc) is 3.16. The Hall–Kier alpha value is -3.17. The van der Waals surface area contributed by atoms with E-state index in [4.69, 9.17) is 0 Å². The molecule has 3 rings (SSSR count). The zero-order valence-electron chi connectivity index (χ0n) is 16.6. The molecule has 0 spiro atoms.